The zero-order chi connectivity index (χ0) is 21.3. The molecule has 154 valence electrons. The summed E-state index contributed by atoms with van der Waals surface area (Å²) in [6, 6.07) is 5.40. The van der Waals surface area contributed by atoms with Crippen LogP contribution in [0.15, 0.2) is 35.3 Å². The Morgan fingerprint density at radius 1 is 1.21 bits per heavy atom. The lowest BCUT2D eigenvalue weighted by molar-refractivity contribution is -0.155. The molecule has 0 spiro atoms. The zero-order valence-electron chi connectivity index (χ0n) is 16.8. The molecule has 0 fully saturated rings. The predicted molar refractivity (Wildman–Crippen MR) is 105 cm³/mol. The van der Waals surface area contributed by atoms with Crippen molar-refractivity contribution in [3.05, 3.63) is 63.6 Å². The molecule has 29 heavy (non-hydrogen) atoms. The van der Waals surface area contributed by atoms with Gasteiger partial charge in [-0.05, 0) is 45.2 Å². The topological polar surface area (TPSA) is 66.1 Å². The lowest BCUT2D eigenvalue weighted by atomic mass is 10.1. The monoisotopic (exact) mass is 403 g/mol. The maximum atomic E-state index is 14.0. The Morgan fingerprint density at radius 3 is 2.62 bits per heavy atom. The summed E-state index contributed by atoms with van der Waals surface area (Å²) in [5.74, 6) is -2.29. The van der Waals surface area contributed by atoms with Gasteiger partial charge in [0.05, 0.1) is 11.7 Å². The second-order valence-corrected chi connectivity index (χ2v) is 7.89. The Labute approximate surface area is 166 Å². The van der Waals surface area contributed by atoms with E-state index in [9.17, 15) is 18.4 Å². The molecule has 0 aliphatic heterocycles. The van der Waals surface area contributed by atoms with Gasteiger partial charge < -0.3 is 9.30 Å². The molecule has 2 heterocycles. The first kappa shape index (κ1) is 20.7. The van der Waals surface area contributed by atoms with Crippen LogP contribution in [0.1, 0.15) is 32.0 Å². The molecule has 2 aromatic heterocycles. The maximum absolute atomic E-state index is 14.0. The number of pyridine rings is 1. The van der Waals surface area contributed by atoms with Crippen LogP contribution < -0.4 is 5.43 Å². The molecule has 0 unspecified atom stereocenters. The molecule has 0 bridgehead atoms. The number of fused-ring (bicyclic) bond motifs is 1. The fraction of sp³-hybridized carbons (Fsp3) is 0.381. The fourth-order valence-electron chi connectivity index (χ4n) is 3.26. The van der Waals surface area contributed by atoms with E-state index < -0.39 is 23.2 Å². The van der Waals surface area contributed by atoms with Gasteiger partial charge in [0.2, 0.25) is 5.43 Å². The van der Waals surface area contributed by atoms with Crippen molar-refractivity contribution in [2.45, 2.75) is 45.8 Å². The van der Waals surface area contributed by atoms with Gasteiger partial charge in [0, 0.05) is 18.8 Å². The Bertz CT molecular complexity index is 1130. The van der Waals surface area contributed by atoms with E-state index in [4.69, 9.17) is 4.74 Å². The minimum Gasteiger partial charge on any atom is -0.459 e. The molecule has 3 rings (SSSR count). The first-order valence-corrected chi connectivity index (χ1v) is 9.26. The molecule has 0 aliphatic carbocycles. The summed E-state index contributed by atoms with van der Waals surface area (Å²) < 4.78 is 36.0. The van der Waals surface area contributed by atoms with Gasteiger partial charge in [0.25, 0.3) is 0 Å². The molecule has 1 aromatic carbocycles. The summed E-state index contributed by atoms with van der Waals surface area (Å²) in [5, 5.41) is 4.12. The summed E-state index contributed by atoms with van der Waals surface area (Å²) in [6.07, 6.45) is 1.92. The number of hydrogen-bond acceptors (Lipinski definition) is 4. The van der Waals surface area contributed by atoms with Gasteiger partial charge in [0.15, 0.2) is 11.6 Å². The number of rotatable bonds is 5. The van der Waals surface area contributed by atoms with Crippen LogP contribution in [0.25, 0.3) is 11.0 Å². The second-order valence-electron chi connectivity index (χ2n) is 7.89. The Kier molecular flexibility index (Phi) is 5.55. The number of hydrogen-bond donors (Lipinski definition) is 0. The number of halogens is 2. The minimum absolute atomic E-state index is 0.124. The van der Waals surface area contributed by atoms with E-state index in [1.165, 1.54) is 29.1 Å². The van der Waals surface area contributed by atoms with Crippen LogP contribution in [0.4, 0.5) is 8.78 Å². The first-order valence-electron chi connectivity index (χ1n) is 9.26. The lowest BCUT2D eigenvalue weighted by Crippen LogP contribution is -2.28. The van der Waals surface area contributed by atoms with Crippen LogP contribution in [0.5, 0.6) is 0 Å². The third-order valence-corrected chi connectivity index (χ3v) is 4.48. The Hall–Kier alpha value is -3.03. The van der Waals surface area contributed by atoms with Crippen LogP contribution in [-0.4, -0.2) is 25.9 Å². The van der Waals surface area contributed by atoms with Gasteiger partial charge in [0.1, 0.15) is 17.7 Å². The van der Waals surface area contributed by atoms with Crippen molar-refractivity contribution < 1.29 is 18.3 Å². The molecular formula is C21H23F2N3O3. The van der Waals surface area contributed by atoms with Gasteiger partial charge in [-0.2, -0.15) is 5.10 Å². The Balaban J connectivity index is 2.00. The smallest absolute Gasteiger partial charge is 0.326 e. The number of ether oxygens (including phenoxy) is 1. The van der Waals surface area contributed by atoms with Crippen LogP contribution >= 0.6 is 0 Å². The van der Waals surface area contributed by atoms with Crippen LogP contribution in [0.3, 0.4) is 0 Å². The molecule has 0 radical (unpaired) electrons. The molecule has 0 atom stereocenters. The number of carbonyl (C=O) groups is 1. The van der Waals surface area contributed by atoms with Gasteiger partial charge >= 0.3 is 5.97 Å². The number of benzene rings is 1. The number of aromatic nitrogens is 3. The largest absolute Gasteiger partial charge is 0.459 e. The summed E-state index contributed by atoms with van der Waals surface area (Å²) in [5.41, 5.74) is 0.650. The summed E-state index contributed by atoms with van der Waals surface area (Å²) in [4.78, 5) is 25.0. The van der Waals surface area contributed by atoms with E-state index in [-0.39, 0.29) is 30.4 Å². The third-order valence-electron chi connectivity index (χ3n) is 4.48. The highest BCUT2D eigenvalue weighted by atomic mass is 19.2. The molecule has 0 saturated carbocycles. The lowest BCUT2D eigenvalue weighted by Gasteiger charge is -2.21. The van der Waals surface area contributed by atoms with Gasteiger partial charge in [-0.1, -0.05) is 12.1 Å². The summed E-state index contributed by atoms with van der Waals surface area (Å²) in [7, 11) is 1.64. The number of esters is 1. The Morgan fingerprint density at radius 2 is 1.93 bits per heavy atom. The van der Waals surface area contributed by atoms with Gasteiger partial charge in [-0.3, -0.25) is 14.3 Å². The van der Waals surface area contributed by atoms with Crippen molar-refractivity contribution in [1.29, 1.82) is 0 Å². The first-order chi connectivity index (χ1) is 13.6. The van der Waals surface area contributed by atoms with Crippen molar-refractivity contribution in [1.82, 2.24) is 14.3 Å². The van der Waals surface area contributed by atoms with Gasteiger partial charge in [-0.25, -0.2) is 8.78 Å². The van der Waals surface area contributed by atoms with E-state index in [1.54, 1.807) is 32.4 Å². The van der Waals surface area contributed by atoms with Crippen molar-refractivity contribution >= 4 is 17.0 Å². The van der Waals surface area contributed by atoms with Crippen LogP contribution in [-0.2, 0) is 36.0 Å². The van der Waals surface area contributed by atoms with E-state index in [0.29, 0.717) is 16.7 Å². The highest BCUT2D eigenvalue weighted by molar-refractivity contribution is 5.78. The van der Waals surface area contributed by atoms with Crippen molar-refractivity contribution in [2.24, 2.45) is 7.05 Å². The highest BCUT2D eigenvalue weighted by Crippen LogP contribution is 2.18. The molecule has 6 nitrogen and oxygen atoms in total. The number of nitrogens with zero attached hydrogens (tertiary/aromatic N) is 3. The maximum Gasteiger partial charge on any atom is 0.326 e. The van der Waals surface area contributed by atoms with E-state index in [0.717, 1.165) is 6.07 Å². The van der Waals surface area contributed by atoms with E-state index in [1.807, 2.05) is 0 Å². The predicted octanol–water partition coefficient (Wildman–Crippen LogP) is 3.14. The minimum atomic E-state index is -0.920. The number of aryl methyl sites for hydroxylation is 3. The quantitative estimate of drug-likeness (QED) is 0.614. The summed E-state index contributed by atoms with van der Waals surface area (Å²) >= 11 is 0. The van der Waals surface area contributed by atoms with Crippen molar-refractivity contribution in [2.75, 3.05) is 0 Å². The number of carbonyl (C=O) groups excluding carboxylic acids is 1. The SMILES string of the molecule is Cn1ncc2c1c(=O)cc(CCc1cccc(F)c1F)n2CC(=O)OC(C)(C)C. The molecular weight excluding hydrogens is 380 g/mol. The highest BCUT2D eigenvalue weighted by Gasteiger charge is 2.20. The molecule has 0 N–H and O–H groups in total. The molecule has 3 aromatic rings. The normalized spacial score (nSPS) is 11.8. The second kappa shape index (κ2) is 7.77. The van der Waals surface area contributed by atoms with Crippen molar-refractivity contribution in [3.63, 3.8) is 0 Å². The van der Waals surface area contributed by atoms with Gasteiger partial charge in [-0.15, -0.1) is 0 Å². The van der Waals surface area contributed by atoms with Crippen LogP contribution in [0.2, 0.25) is 0 Å². The molecule has 8 heteroatoms. The zero-order valence-corrected chi connectivity index (χ0v) is 16.8. The van der Waals surface area contributed by atoms with E-state index in [2.05, 4.69) is 5.10 Å². The fourth-order valence-corrected chi connectivity index (χ4v) is 3.26. The van der Waals surface area contributed by atoms with Crippen molar-refractivity contribution in [3.8, 4) is 0 Å². The summed E-state index contributed by atoms with van der Waals surface area (Å²) in [6.45, 7) is 5.18. The van der Waals surface area contributed by atoms with E-state index >= 15 is 0 Å². The molecule has 0 saturated heterocycles. The average molecular weight is 403 g/mol. The standard InChI is InChI=1S/C21H23F2N3O3/c1-21(2,3)29-18(28)12-26-14(9-8-13-6-5-7-15(22)19(13)23)10-17(27)20-16(26)11-24-25(20)4/h5-7,10-11H,8-9,12H2,1-4H3. The molecule has 0 aliphatic rings. The third kappa shape index (κ3) is 4.52. The molecule has 0 amide bonds. The average Bonchev–Trinajstić information content (AvgIpc) is 3.00. The van der Waals surface area contributed by atoms with Crippen LogP contribution in [0, 0.1) is 11.6 Å².